The van der Waals surface area contributed by atoms with Crippen molar-refractivity contribution in [2.24, 2.45) is 0 Å². The number of rotatable bonds is 4. The SMILES string of the molecule is Fc1ccc(CC=CCCBr)cc1. The van der Waals surface area contributed by atoms with E-state index in [0.717, 1.165) is 23.7 Å². The van der Waals surface area contributed by atoms with Gasteiger partial charge in [0, 0.05) is 5.33 Å². The lowest BCUT2D eigenvalue weighted by atomic mass is 10.1. The average molecular weight is 243 g/mol. The van der Waals surface area contributed by atoms with Crippen molar-refractivity contribution in [1.82, 2.24) is 0 Å². The summed E-state index contributed by atoms with van der Waals surface area (Å²) in [6.07, 6.45) is 6.15. The molecule has 0 aliphatic carbocycles. The van der Waals surface area contributed by atoms with Gasteiger partial charge in [-0.2, -0.15) is 0 Å². The van der Waals surface area contributed by atoms with Crippen LogP contribution >= 0.6 is 15.9 Å². The van der Waals surface area contributed by atoms with Crippen molar-refractivity contribution in [3.63, 3.8) is 0 Å². The van der Waals surface area contributed by atoms with Crippen LogP contribution in [-0.4, -0.2) is 5.33 Å². The van der Waals surface area contributed by atoms with Gasteiger partial charge in [-0.25, -0.2) is 4.39 Å². The third-order valence-electron chi connectivity index (χ3n) is 1.71. The Morgan fingerprint density at radius 1 is 1.15 bits per heavy atom. The highest BCUT2D eigenvalue weighted by Crippen LogP contribution is 2.04. The number of allylic oxidation sites excluding steroid dienone is 2. The highest BCUT2D eigenvalue weighted by molar-refractivity contribution is 9.09. The van der Waals surface area contributed by atoms with Crippen LogP contribution in [0.15, 0.2) is 36.4 Å². The maximum atomic E-state index is 12.5. The summed E-state index contributed by atoms with van der Waals surface area (Å²) >= 11 is 3.34. The van der Waals surface area contributed by atoms with Crippen molar-refractivity contribution < 1.29 is 4.39 Å². The Morgan fingerprint density at radius 3 is 2.46 bits per heavy atom. The summed E-state index contributed by atoms with van der Waals surface area (Å²) in [4.78, 5) is 0. The zero-order chi connectivity index (χ0) is 9.52. The van der Waals surface area contributed by atoms with Gasteiger partial charge in [-0.15, -0.1) is 0 Å². The van der Waals surface area contributed by atoms with Crippen LogP contribution in [0.4, 0.5) is 4.39 Å². The number of halogens is 2. The van der Waals surface area contributed by atoms with E-state index in [4.69, 9.17) is 0 Å². The normalized spacial score (nSPS) is 10.9. The standard InChI is InChI=1S/C11H12BrF/c12-9-3-1-2-4-10-5-7-11(13)8-6-10/h1-2,5-8H,3-4,9H2. The van der Waals surface area contributed by atoms with Crippen LogP contribution in [0.3, 0.4) is 0 Å². The molecule has 0 aliphatic heterocycles. The summed E-state index contributed by atoms with van der Waals surface area (Å²) in [5.74, 6) is -0.173. The number of benzene rings is 1. The molecule has 0 amide bonds. The van der Waals surface area contributed by atoms with Gasteiger partial charge in [0.2, 0.25) is 0 Å². The van der Waals surface area contributed by atoms with E-state index in [2.05, 4.69) is 28.1 Å². The molecule has 0 heterocycles. The first kappa shape index (κ1) is 10.5. The average Bonchev–Trinajstić information content (AvgIpc) is 2.15. The molecule has 0 unspecified atom stereocenters. The van der Waals surface area contributed by atoms with Gasteiger partial charge < -0.3 is 0 Å². The molecule has 0 aliphatic rings. The Hall–Kier alpha value is -0.630. The quantitative estimate of drug-likeness (QED) is 0.558. The maximum Gasteiger partial charge on any atom is 0.123 e. The molecule has 0 nitrogen and oxygen atoms in total. The molecule has 0 radical (unpaired) electrons. The second-order valence-corrected chi connectivity index (χ2v) is 3.57. The van der Waals surface area contributed by atoms with Crippen LogP contribution in [0.2, 0.25) is 0 Å². The summed E-state index contributed by atoms with van der Waals surface area (Å²) < 4.78 is 12.5. The van der Waals surface area contributed by atoms with Crippen LogP contribution in [0.1, 0.15) is 12.0 Å². The van der Waals surface area contributed by atoms with E-state index in [1.165, 1.54) is 12.1 Å². The van der Waals surface area contributed by atoms with Crippen molar-refractivity contribution in [3.05, 3.63) is 47.8 Å². The van der Waals surface area contributed by atoms with Gasteiger partial charge in [-0.3, -0.25) is 0 Å². The molecule has 2 heteroatoms. The van der Waals surface area contributed by atoms with Gasteiger partial charge in [0.15, 0.2) is 0 Å². The van der Waals surface area contributed by atoms with Gasteiger partial charge >= 0.3 is 0 Å². The van der Waals surface area contributed by atoms with Crippen molar-refractivity contribution in [1.29, 1.82) is 0 Å². The fourth-order valence-corrected chi connectivity index (χ4v) is 1.29. The molecule has 0 bridgehead atoms. The summed E-state index contributed by atoms with van der Waals surface area (Å²) in [5, 5.41) is 0.993. The number of hydrogen-bond acceptors (Lipinski definition) is 0. The van der Waals surface area contributed by atoms with Gasteiger partial charge in [0.1, 0.15) is 5.82 Å². The van der Waals surface area contributed by atoms with Crippen LogP contribution in [0.5, 0.6) is 0 Å². The van der Waals surface area contributed by atoms with Crippen LogP contribution in [-0.2, 0) is 6.42 Å². The summed E-state index contributed by atoms with van der Waals surface area (Å²) in [6, 6.07) is 6.61. The maximum absolute atomic E-state index is 12.5. The topological polar surface area (TPSA) is 0 Å². The minimum atomic E-state index is -0.173. The first-order valence-electron chi connectivity index (χ1n) is 4.28. The Labute approximate surface area is 86.6 Å². The molecule has 0 N–H and O–H groups in total. The predicted octanol–water partition coefficient (Wildman–Crippen LogP) is 3.71. The third-order valence-corrected chi connectivity index (χ3v) is 2.17. The lowest BCUT2D eigenvalue weighted by Crippen LogP contribution is -1.81. The first-order valence-corrected chi connectivity index (χ1v) is 5.40. The Balaban J connectivity index is 2.41. The number of hydrogen-bond donors (Lipinski definition) is 0. The highest BCUT2D eigenvalue weighted by Gasteiger charge is 1.89. The minimum absolute atomic E-state index is 0.173. The zero-order valence-corrected chi connectivity index (χ0v) is 8.93. The molecule has 0 saturated carbocycles. The molecule has 1 rings (SSSR count). The molecule has 0 atom stereocenters. The van der Waals surface area contributed by atoms with E-state index in [9.17, 15) is 4.39 Å². The Bertz CT molecular complexity index is 264. The van der Waals surface area contributed by atoms with E-state index < -0.39 is 0 Å². The molecule has 0 fully saturated rings. The van der Waals surface area contributed by atoms with Crippen LogP contribution in [0, 0.1) is 5.82 Å². The fraction of sp³-hybridized carbons (Fsp3) is 0.273. The van der Waals surface area contributed by atoms with Gasteiger partial charge in [0.05, 0.1) is 0 Å². The minimum Gasteiger partial charge on any atom is -0.207 e. The van der Waals surface area contributed by atoms with E-state index in [1.807, 2.05) is 12.1 Å². The molecule has 1 aromatic carbocycles. The Morgan fingerprint density at radius 2 is 1.85 bits per heavy atom. The second kappa shape index (κ2) is 5.92. The van der Waals surface area contributed by atoms with E-state index in [0.29, 0.717) is 0 Å². The van der Waals surface area contributed by atoms with Gasteiger partial charge in [-0.05, 0) is 30.5 Å². The van der Waals surface area contributed by atoms with Gasteiger partial charge in [-0.1, -0.05) is 40.2 Å². The third kappa shape index (κ3) is 4.23. The lowest BCUT2D eigenvalue weighted by molar-refractivity contribution is 0.627. The van der Waals surface area contributed by atoms with Gasteiger partial charge in [0.25, 0.3) is 0 Å². The van der Waals surface area contributed by atoms with E-state index in [1.54, 1.807) is 0 Å². The fourth-order valence-electron chi connectivity index (χ4n) is 1.02. The van der Waals surface area contributed by atoms with E-state index >= 15 is 0 Å². The monoisotopic (exact) mass is 242 g/mol. The first-order chi connectivity index (χ1) is 6.33. The lowest BCUT2D eigenvalue weighted by Gasteiger charge is -1.94. The van der Waals surface area contributed by atoms with Crippen molar-refractivity contribution in [3.8, 4) is 0 Å². The molecule has 0 saturated heterocycles. The smallest absolute Gasteiger partial charge is 0.123 e. The summed E-state index contributed by atoms with van der Waals surface area (Å²) in [6.45, 7) is 0. The summed E-state index contributed by atoms with van der Waals surface area (Å²) in [5.41, 5.74) is 1.15. The highest BCUT2D eigenvalue weighted by atomic mass is 79.9. The molecule has 1 aromatic rings. The van der Waals surface area contributed by atoms with Crippen molar-refractivity contribution >= 4 is 15.9 Å². The van der Waals surface area contributed by atoms with Crippen molar-refractivity contribution in [2.45, 2.75) is 12.8 Å². The van der Waals surface area contributed by atoms with E-state index in [-0.39, 0.29) is 5.82 Å². The molecular weight excluding hydrogens is 231 g/mol. The molecule has 0 spiro atoms. The van der Waals surface area contributed by atoms with Crippen molar-refractivity contribution in [2.75, 3.05) is 5.33 Å². The number of alkyl halides is 1. The second-order valence-electron chi connectivity index (χ2n) is 2.78. The summed E-state index contributed by atoms with van der Waals surface area (Å²) in [7, 11) is 0. The Kier molecular flexibility index (Phi) is 4.76. The zero-order valence-electron chi connectivity index (χ0n) is 7.34. The van der Waals surface area contributed by atoms with Crippen LogP contribution < -0.4 is 0 Å². The molecular formula is C11H12BrF. The predicted molar refractivity (Wildman–Crippen MR) is 57.7 cm³/mol. The largest absolute Gasteiger partial charge is 0.207 e. The molecule has 70 valence electrons. The molecule has 0 aromatic heterocycles. The molecule has 13 heavy (non-hydrogen) atoms. The van der Waals surface area contributed by atoms with Crippen LogP contribution in [0.25, 0.3) is 0 Å².